The fraction of sp³-hybridized carbons (Fsp3) is 0.800. The topological polar surface area (TPSA) is 43.4 Å². The van der Waals surface area contributed by atoms with Crippen LogP contribution in [0.4, 0.5) is 0 Å². The van der Waals surface area contributed by atoms with Crippen molar-refractivity contribution in [2.24, 2.45) is 5.92 Å². The Kier molecular flexibility index (Phi) is 3.75. The molecule has 54 valence electrons. The fourth-order valence-electron chi connectivity index (χ4n) is 0.336. The zero-order chi connectivity index (χ0) is 7.44. The molecule has 0 amide bonds. The first-order valence-electron chi connectivity index (χ1n) is 2.71. The van der Waals surface area contributed by atoms with Crippen LogP contribution in [0.1, 0.15) is 13.8 Å². The predicted octanol–water partition coefficient (Wildman–Crippen LogP) is 1.29. The van der Waals surface area contributed by atoms with Crippen LogP contribution in [-0.4, -0.2) is 12.6 Å². The Labute approximate surface area is 55.3 Å². The van der Waals surface area contributed by atoms with Gasteiger partial charge in [-0.25, -0.2) is 0 Å². The molecule has 1 atom stereocenters. The van der Waals surface area contributed by atoms with E-state index >= 15 is 0 Å². The second-order valence-corrected chi connectivity index (χ2v) is 3.49. The molecule has 0 aromatic carbocycles. The van der Waals surface area contributed by atoms with Crippen molar-refractivity contribution in [3.8, 4) is 0 Å². The fourth-order valence-corrected chi connectivity index (χ4v) is 1.01. The zero-order valence-corrected chi connectivity index (χ0v) is 6.80. The van der Waals surface area contributed by atoms with Crippen LogP contribution >= 0.6 is 8.03 Å². The number of rotatable bonds is 3. The largest absolute Gasteiger partial charge is 0.329 e. The lowest BCUT2D eigenvalue weighted by molar-refractivity contribution is -0.114. The van der Waals surface area contributed by atoms with E-state index in [1.165, 1.54) is 7.11 Å². The van der Waals surface area contributed by atoms with E-state index in [9.17, 15) is 9.36 Å². The van der Waals surface area contributed by atoms with Gasteiger partial charge < -0.3 is 4.52 Å². The minimum Gasteiger partial charge on any atom is -0.329 e. The highest BCUT2D eigenvalue weighted by atomic mass is 31.1. The molecule has 0 bridgehead atoms. The number of hydrogen-bond donors (Lipinski definition) is 0. The SMILES string of the molecule is CO[PH](=O)C(=O)C(C)C. The number of carbonyl (C=O) groups excluding carboxylic acids is 1. The van der Waals surface area contributed by atoms with Crippen LogP contribution in [0, 0.1) is 5.92 Å². The van der Waals surface area contributed by atoms with Crippen molar-refractivity contribution in [2.75, 3.05) is 7.11 Å². The van der Waals surface area contributed by atoms with Crippen LogP contribution < -0.4 is 0 Å². The van der Waals surface area contributed by atoms with Crippen molar-refractivity contribution in [1.82, 2.24) is 0 Å². The van der Waals surface area contributed by atoms with Crippen LogP contribution in [0.15, 0.2) is 0 Å². The molecule has 1 unspecified atom stereocenters. The molecule has 0 aliphatic carbocycles. The molecule has 0 radical (unpaired) electrons. The first-order valence-corrected chi connectivity index (χ1v) is 4.03. The van der Waals surface area contributed by atoms with Crippen LogP contribution in [0.3, 0.4) is 0 Å². The highest BCUT2D eigenvalue weighted by molar-refractivity contribution is 7.59. The Balaban J connectivity index is 3.89. The van der Waals surface area contributed by atoms with Gasteiger partial charge in [0.15, 0.2) is 0 Å². The quantitative estimate of drug-likeness (QED) is 0.569. The third-order valence-corrected chi connectivity index (χ3v) is 2.26. The van der Waals surface area contributed by atoms with E-state index in [-0.39, 0.29) is 11.4 Å². The Morgan fingerprint density at radius 2 is 2.00 bits per heavy atom. The minimum absolute atomic E-state index is 0.184. The third-order valence-electron chi connectivity index (χ3n) is 0.911. The molecule has 0 heterocycles. The maximum Gasteiger partial charge on any atom is 0.255 e. The molecule has 0 aromatic heterocycles. The van der Waals surface area contributed by atoms with Gasteiger partial charge in [0.1, 0.15) is 0 Å². The van der Waals surface area contributed by atoms with E-state index in [0.717, 1.165) is 0 Å². The summed E-state index contributed by atoms with van der Waals surface area (Å²) >= 11 is 0. The van der Waals surface area contributed by atoms with Crippen molar-refractivity contribution in [1.29, 1.82) is 0 Å². The summed E-state index contributed by atoms with van der Waals surface area (Å²) in [6.07, 6.45) is 0. The Morgan fingerprint density at radius 1 is 1.56 bits per heavy atom. The summed E-state index contributed by atoms with van der Waals surface area (Å²) in [5.74, 6) is -0.184. The smallest absolute Gasteiger partial charge is 0.255 e. The summed E-state index contributed by atoms with van der Waals surface area (Å²) in [5, 5.41) is 0. The van der Waals surface area contributed by atoms with Gasteiger partial charge in [0.2, 0.25) is 5.52 Å². The van der Waals surface area contributed by atoms with Gasteiger partial charge >= 0.3 is 0 Å². The van der Waals surface area contributed by atoms with E-state index in [0.29, 0.717) is 0 Å². The van der Waals surface area contributed by atoms with E-state index < -0.39 is 8.03 Å². The molecule has 0 saturated heterocycles. The van der Waals surface area contributed by atoms with Crippen LogP contribution in [0.25, 0.3) is 0 Å². The van der Waals surface area contributed by atoms with E-state index in [1.54, 1.807) is 13.8 Å². The van der Waals surface area contributed by atoms with Crippen molar-refractivity contribution in [2.45, 2.75) is 13.8 Å². The summed E-state index contributed by atoms with van der Waals surface area (Å²) in [4.78, 5) is 10.7. The van der Waals surface area contributed by atoms with Crippen molar-refractivity contribution in [3.63, 3.8) is 0 Å². The van der Waals surface area contributed by atoms with E-state index in [1.807, 2.05) is 0 Å². The van der Waals surface area contributed by atoms with Gasteiger partial charge in [0.05, 0.1) is 0 Å². The molecule has 0 fully saturated rings. The summed E-state index contributed by atoms with van der Waals surface area (Å²) in [6.45, 7) is 3.40. The lowest BCUT2D eigenvalue weighted by Gasteiger charge is -1.99. The molecule has 0 aromatic rings. The second kappa shape index (κ2) is 3.80. The molecular formula is C5H11O3P. The van der Waals surface area contributed by atoms with Gasteiger partial charge in [0.25, 0.3) is 8.03 Å². The summed E-state index contributed by atoms with van der Waals surface area (Å²) < 4.78 is 14.9. The molecule has 9 heavy (non-hydrogen) atoms. The average molecular weight is 150 g/mol. The van der Waals surface area contributed by atoms with Crippen molar-refractivity contribution < 1.29 is 13.9 Å². The normalized spacial score (nSPS) is 13.8. The number of carbonyl (C=O) groups is 1. The highest BCUT2D eigenvalue weighted by Gasteiger charge is 2.13. The molecular weight excluding hydrogens is 139 g/mol. The monoisotopic (exact) mass is 150 g/mol. The Bertz CT molecular complexity index is 130. The Hall–Kier alpha value is -0.140. The maximum atomic E-state index is 10.7. The molecule has 0 rings (SSSR count). The van der Waals surface area contributed by atoms with E-state index in [4.69, 9.17) is 0 Å². The average Bonchev–Trinajstić information content (AvgIpc) is 1.84. The van der Waals surface area contributed by atoms with Gasteiger partial charge in [0, 0.05) is 13.0 Å². The van der Waals surface area contributed by atoms with Crippen LogP contribution in [0.5, 0.6) is 0 Å². The first kappa shape index (κ1) is 8.86. The van der Waals surface area contributed by atoms with Gasteiger partial charge in [-0.15, -0.1) is 0 Å². The standard InChI is InChI=1S/C5H11O3P/c1-4(2)5(6)9(7)8-3/h4,9H,1-3H3. The zero-order valence-electron chi connectivity index (χ0n) is 5.80. The van der Waals surface area contributed by atoms with Gasteiger partial charge in [-0.2, -0.15) is 0 Å². The summed E-state index contributed by atoms with van der Waals surface area (Å²) in [5.41, 5.74) is -0.289. The van der Waals surface area contributed by atoms with E-state index in [2.05, 4.69) is 4.52 Å². The molecule has 4 heteroatoms. The minimum atomic E-state index is -2.40. The number of hydrogen-bond acceptors (Lipinski definition) is 3. The lowest BCUT2D eigenvalue weighted by Crippen LogP contribution is -2.01. The first-order chi connectivity index (χ1) is 4.09. The summed E-state index contributed by atoms with van der Waals surface area (Å²) in [7, 11) is -1.12. The van der Waals surface area contributed by atoms with Gasteiger partial charge in [-0.3, -0.25) is 9.36 Å². The lowest BCUT2D eigenvalue weighted by atomic mass is 10.3. The van der Waals surface area contributed by atoms with Gasteiger partial charge in [-0.05, 0) is 0 Å². The molecule has 0 N–H and O–H groups in total. The van der Waals surface area contributed by atoms with Crippen molar-refractivity contribution >= 4 is 13.6 Å². The van der Waals surface area contributed by atoms with Crippen molar-refractivity contribution in [3.05, 3.63) is 0 Å². The third kappa shape index (κ3) is 2.78. The van der Waals surface area contributed by atoms with Crippen LogP contribution in [-0.2, 0) is 13.9 Å². The van der Waals surface area contributed by atoms with Crippen LogP contribution in [0.2, 0.25) is 0 Å². The molecule has 0 saturated carbocycles. The molecule has 3 nitrogen and oxygen atoms in total. The molecule has 0 aliphatic rings. The molecule has 0 aliphatic heterocycles. The van der Waals surface area contributed by atoms with Gasteiger partial charge in [-0.1, -0.05) is 13.8 Å². The summed E-state index contributed by atoms with van der Waals surface area (Å²) in [6, 6.07) is 0. The predicted molar refractivity (Wildman–Crippen MR) is 35.9 cm³/mol. The highest BCUT2D eigenvalue weighted by Crippen LogP contribution is 2.25. The molecule has 0 spiro atoms. The Morgan fingerprint density at radius 3 is 2.11 bits per heavy atom. The maximum absolute atomic E-state index is 10.7. The second-order valence-electron chi connectivity index (χ2n) is 2.01.